The molecule has 21 heavy (non-hydrogen) atoms. The highest BCUT2D eigenvalue weighted by Gasteiger charge is 2.13. The predicted molar refractivity (Wildman–Crippen MR) is 79.5 cm³/mol. The van der Waals surface area contributed by atoms with Gasteiger partial charge in [-0.25, -0.2) is 9.78 Å². The van der Waals surface area contributed by atoms with Crippen LogP contribution in [0.15, 0.2) is 36.8 Å². The molecule has 1 aromatic heterocycles. The number of methoxy groups -OCH3 is 1. The molecule has 0 aliphatic heterocycles. The smallest absolute Gasteiger partial charge is 0.356 e. The van der Waals surface area contributed by atoms with E-state index < -0.39 is 0 Å². The van der Waals surface area contributed by atoms with Crippen LogP contribution in [0.5, 0.6) is 5.75 Å². The molecule has 0 saturated heterocycles. The topological polar surface area (TPSA) is 53.3 Å². The normalized spacial score (nSPS) is 10.4. The van der Waals surface area contributed by atoms with E-state index in [0.717, 1.165) is 24.2 Å². The maximum Gasteiger partial charge on any atom is 0.356 e. The van der Waals surface area contributed by atoms with Crippen molar-refractivity contribution in [2.45, 2.75) is 26.3 Å². The Bertz CT molecular complexity index is 575. The quantitative estimate of drug-likeness (QED) is 0.580. The van der Waals surface area contributed by atoms with Gasteiger partial charge in [0.05, 0.1) is 26.2 Å². The predicted octanol–water partition coefficient (Wildman–Crippen LogP) is 2.90. The molecular weight excluding hydrogens is 268 g/mol. The van der Waals surface area contributed by atoms with Crippen LogP contribution in [0.1, 0.15) is 35.8 Å². The number of unbranched alkanes of at least 4 members (excludes halogenated alkanes) is 1. The minimum absolute atomic E-state index is 0.325. The van der Waals surface area contributed by atoms with E-state index in [1.807, 2.05) is 24.3 Å². The summed E-state index contributed by atoms with van der Waals surface area (Å²) >= 11 is 0. The van der Waals surface area contributed by atoms with Gasteiger partial charge in [-0.2, -0.15) is 0 Å². The fraction of sp³-hybridized carbons (Fsp3) is 0.375. The van der Waals surface area contributed by atoms with Crippen LogP contribution in [0, 0.1) is 0 Å². The minimum atomic E-state index is -0.325. The maximum atomic E-state index is 12.0. The number of hydrogen-bond donors (Lipinski definition) is 0. The summed E-state index contributed by atoms with van der Waals surface area (Å²) < 4.78 is 12.1. The first-order valence-electron chi connectivity index (χ1n) is 7.04. The molecule has 0 aliphatic rings. The molecule has 2 rings (SSSR count). The van der Waals surface area contributed by atoms with E-state index in [9.17, 15) is 4.79 Å². The molecule has 0 fully saturated rings. The number of ether oxygens (including phenoxy) is 2. The van der Waals surface area contributed by atoms with Crippen LogP contribution in [0.2, 0.25) is 0 Å². The van der Waals surface area contributed by atoms with E-state index >= 15 is 0 Å². The Hall–Kier alpha value is -2.30. The van der Waals surface area contributed by atoms with Gasteiger partial charge >= 0.3 is 5.97 Å². The number of hydrogen-bond acceptors (Lipinski definition) is 4. The number of carbonyl (C=O) groups is 1. The molecule has 5 nitrogen and oxygen atoms in total. The second-order valence-corrected chi connectivity index (χ2v) is 4.74. The van der Waals surface area contributed by atoms with Crippen molar-refractivity contribution in [3.8, 4) is 5.75 Å². The van der Waals surface area contributed by atoms with E-state index in [2.05, 4.69) is 11.9 Å². The van der Waals surface area contributed by atoms with Gasteiger partial charge in [-0.3, -0.25) is 0 Å². The molecule has 2 aromatic rings. The van der Waals surface area contributed by atoms with E-state index in [-0.39, 0.29) is 5.97 Å². The highest BCUT2D eigenvalue weighted by molar-refractivity contribution is 5.87. The summed E-state index contributed by atoms with van der Waals surface area (Å²) in [6.07, 6.45) is 5.05. The molecule has 0 amide bonds. The largest absolute Gasteiger partial charge is 0.497 e. The lowest BCUT2D eigenvalue weighted by molar-refractivity contribution is 0.0487. The summed E-state index contributed by atoms with van der Waals surface area (Å²) in [4.78, 5) is 16.0. The Balaban J connectivity index is 2.03. The third-order valence-corrected chi connectivity index (χ3v) is 3.16. The van der Waals surface area contributed by atoms with Gasteiger partial charge in [0.25, 0.3) is 0 Å². The monoisotopic (exact) mass is 288 g/mol. The SMILES string of the molecule is CCCCOC(=O)c1cncn1Cc1ccc(OC)cc1. The highest BCUT2D eigenvalue weighted by atomic mass is 16.5. The van der Waals surface area contributed by atoms with Crippen molar-refractivity contribution in [2.75, 3.05) is 13.7 Å². The molecule has 5 heteroatoms. The second-order valence-electron chi connectivity index (χ2n) is 4.74. The Morgan fingerprint density at radius 1 is 1.29 bits per heavy atom. The van der Waals surface area contributed by atoms with Gasteiger partial charge in [0.15, 0.2) is 0 Å². The molecule has 0 N–H and O–H groups in total. The van der Waals surface area contributed by atoms with Crippen LogP contribution < -0.4 is 4.74 Å². The van der Waals surface area contributed by atoms with Gasteiger partial charge in [0.2, 0.25) is 0 Å². The van der Waals surface area contributed by atoms with Gasteiger partial charge in [0, 0.05) is 6.54 Å². The number of aromatic nitrogens is 2. The molecule has 0 unspecified atom stereocenters. The zero-order valence-electron chi connectivity index (χ0n) is 12.4. The number of rotatable bonds is 7. The van der Waals surface area contributed by atoms with Crippen molar-refractivity contribution in [3.05, 3.63) is 48.0 Å². The summed E-state index contributed by atoms with van der Waals surface area (Å²) in [5, 5.41) is 0. The van der Waals surface area contributed by atoms with Gasteiger partial charge in [0.1, 0.15) is 11.4 Å². The summed E-state index contributed by atoms with van der Waals surface area (Å²) in [6, 6.07) is 7.72. The summed E-state index contributed by atoms with van der Waals surface area (Å²) in [7, 11) is 1.63. The van der Waals surface area contributed by atoms with Crippen molar-refractivity contribution < 1.29 is 14.3 Å². The second kappa shape index (κ2) is 7.47. The van der Waals surface area contributed by atoms with Crippen LogP contribution in [-0.4, -0.2) is 29.2 Å². The summed E-state index contributed by atoms with van der Waals surface area (Å²) in [5.41, 5.74) is 1.54. The van der Waals surface area contributed by atoms with Gasteiger partial charge in [-0.1, -0.05) is 25.5 Å². The van der Waals surface area contributed by atoms with Crippen LogP contribution >= 0.6 is 0 Å². The molecule has 0 aliphatic carbocycles. The lowest BCUT2D eigenvalue weighted by Gasteiger charge is -2.09. The molecule has 112 valence electrons. The number of nitrogens with zero attached hydrogens (tertiary/aromatic N) is 2. The Morgan fingerprint density at radius 3 is 2.71 bits per heavy atom. The van der Waals surface area contributed by atoms with Crippen molar-refractivity contribution in [1.29, 1.82) is 0 Å². The fourth-order valence-corrected chi connectivity index (χ4v) is 1.93. The van der Waals surface area contributed by atoms with Crippen LogP contribution in [0.3, 0.4) is 0 Å². The lowest BCUT2D eigenvalue weighted by atomic mass is 10.2. The Kier molecular flexibility index (Phi) is 5.37. The minimum Gasteiger partial charge on any atom is -0.497 e. The highest BCUT2D eigenvalue weighted by Crippen LogP contribution is 2.13. The van der Waals surface area contributed by atoms with Crippen molar-refractivity contribution in [3.63, 3.8) is 0 Å². The summed E-state index contributed by atoms with van der Waals surface area (Å²) in [5.74, 6) is 0.484. The maximum absolute atomic E-state index is 12.0. The Labute approximate surface area is 124 Å². The van der Waals surface area contributed by atoms with Crippen molar-refractivity contribution in [2.24, 2.45) is 0 Å². The van der Waals surface area contributed by atoms with Crippen LogP contribution in [-0.2, 0) is 11.3 Å². The average molecular weight is 288 g/mol. The van der Waals surface area contributed by atoms with Crippen LogP contribution in [0.25, 0.3) is 0 Å². The Morgan fingerprint density at radius 2 is 2.05 bits per heavy atom. The van der Waals surface area contributed by atoms with Crippen LogP contribution in [0.4, 0.5) is 0 Å². The van der Waals surface area contributed by atoms with Crippen molar-refractivity contribution in [1.82, 2.24) is 9.55 Å². The van der Waals surface area contributed by atoms with Gasteiger partial charge < -0.3 is 14.0 Å². The molecule has 1 heterocycles. The van der Waals surface area contributed by atoms with Crippen molar-refractivity contribution >= 4 is 5.97 Å². The summed E-state index contributed by atoms with van der Waals surface area (Å²) in [6.45, 7) is 3.08. The standard InChI is InChI=1S/C16H20N2O3/c1-3-4-9-21-16(19)15-10-17-12-18(15)11-13-5-7-14(20-2)8-6-13/h5-8,10,12H,3-4,9,11H2,1-2H3. The molecule has 0 saturated carbocycles. The molecular formula is C16H20N2O3. The molecule has 0 bridgehead atoms. The molecule has 1 aromatic carbocycles. The third kappa shape index (κ3) is 4.08. The number of esters is 1. The average Bonchev–Trinajstić information content (AvgIpc) is 2.96. The van der Waals surface area contributed by atoms with E-state index in [1.54, 1.807) is 18.0 Å². The first kappa shape index (κ1) is 15.1. The molecule has 0 radical (unpaired) electrons. The van der Waals surface area contributed by atoms with E-state index in [0.29, 0.717) is 18.8 Å². The number of imidazole rings is 1. The first-order chi connectivity index (χ1) is 10.2. The van der Waals surface area contributed by atoms with E-state index in [4.69, 9.17) is 9.47 Å². The zero-order chi connectivity index (χ0) is 15.1. The molecule has 0 atom stereocenters. The molecule has 0 spiro atoms. The first-order valence-corrected chi connectivity index (χ1v) is 7.04. The zero-order valence-corrected chi connectivity index (χ0v) is 12.4. The fourth-order valence-electron chi connectivity index (χ4n) is 1.93. The van der Waals surface area contributed by atoms with Gasteiger partial charge in [-0.05, 0) is 24.1 Å². The number of carbonyl (C=O) groups excluding carboxylic acids is 1. The van der Waals surface area contributed by atoms with Gasteiger partial charge in [-0.15, -0.1) is 0 Å². The van der Waals surface area contributed by atoms with E-state index in [1.165, 1.54) is 6.20 Å². The third-order valence-electron chi connectivity index (χ3n) is 3.16. The lowest BCUT2D eigenvalue weighted by Crippen LogP contribution is -2.13. The number of benzene rings is 1.